The molecule has 0 aromatic heterocycles. The van der Waals surface area contributed by atoms with Crippen LogP contribution in [0, 0.1) is 5.41 Å². The minimum absolute atomic E-state index is 0.0367. The molecule has 0 saturated carbocycles. The van der Waals surface area contributed by atoms with Crippen LogP contribution >= 0.6 is 0 Å². The van der Waals surface area contributed by atoms with Crippen LogP contribution in [0.5, 0.6) is 0 Å². The maximum atomic E-state index is 12.6. The highest BCUT2D eigenvalue weighted by molar-refractivity contribution is 5.77. The molecule has 48 heavy (non-hydrogen) atoms. The van der Waals surface area contributed by atoms with Crippen molar-refractivity contribution in [3.8, 4) is 0 Å². The van der Waals surface area contributed by atoms with Gasteiger partial charge < -0.3 is 28.4 Å². The summed E-state index contributed by atoms with van der Waals surface area (Å²) in [5.74, 6) is -2.23. The lowest BCUT2D eigenvalue weighted by molar-refractivity contribution is -0.167. The second-order valence-corrected chi connectivity index (χ2v) is 12.9. The molecule has 0 rings (SSSR count). The van der Waals surface area contributed by atoms with Gasteiger partial charge in [0.2, 0.25) is 0 Å². The molecule has 0 fully saturated rings. The van der Waals surface area contributed by atoms with Crippen LogP contribution in [0.25, 0.3) is 0 Å². The molecule has 0 heterocycles. The van der Waals surface area contributed by atoms with Crippen LogP contribution < -0.4 is 0 Å². The van der Waals surface area contributed by atoms with Gasteiger partial charge in [0.15, 0.2) is 6.10 Å². The van der Waals surface area contributed by atoms with E-state index in [-0.39, 0.29) is 51.4 Å². The average molecular weight is 687 g/mol. The molecule has 11 nitrogen and oxygen atoms in total. The molecular weight excluding hydrogens is 620 g/mol. The first-order chi connectivity index (χ1) is 23.1. The SMILES string of the molecule is CCCCCCCCCC(=O)OCC(COC(=O)CCCCCCCCC)OC(=O)CCCCCOC(=O)C(C)(COC)COC(C)=O. The van der Waals surface area contributed by atoms with Gasteiger partial charge in [-0.25, -0.2) is 0 Å². The molecular formula is C37H66O11. The quantitative estimate of drug-likeness (QED) is 0.0393. The van der Waals surface area contributed by atoms with Crippen LogP contribution in [0.2, 0.25) is 0 Å². The van der Waals surface area contributed by atoms with Crippen molar-refractivity contribution in [2.75, 3.05) is 40.1 Å². The van der Waals surface area contributed by atoms with E-state index < -0.39 is 29.4 Å². The first-order valence-electron chi connectivity index (χ1n) is 18.4. The van der Waals surface area contributed by atoms with Crippen LogP contribution in [0.15, 0.2) is 0 Å². The molecule has 11 heteroatoms. The highest BCUT2D eigenvalue weighted by atomic mass is 16.6. The van der Waals surface area contributed by atoms with Gasteiger partial charge in [0.05, 0.1) is 13.2 Å². The van der Waals surface area contributed by atoms with Crippen molar-refractivity contribution in [2.45, 2.75) is 162 Å². The zero-order valence-electron chi connectivity index (χ0n) is 30.7. The molecule has 0 aliphatic carbocycles. The summed E-state index contributed by atoms with van der Waals surface area (Å²) in [6, 6.07) is 0. The van der Waals surface area contributed by atoms with Gasteiger partial charge in [0, 0.05) is 33.3 Å². The molecule has 0 bridgehead atoms. The minimum atomic E-state index is -1.12. The summed E-state index contributed by atoms with van der Waals surface area (Å²) in [6.45, 7) is 6.91. The van der Waals surface area contributed by atoms with E-state index in [1.807, 2.05) is 0 Å². The Labute approximate surface area is 289 Å². The number of hydrogen-bond acceptors (Lipinski definition) is 11. The smallest absolute Gasteiger partial charge is 0.317 e. The number of hydrogen-bond donors (Lipinski definition) is 0. The van der Waals surface area contributed by atoms with E-state index in [0.717, 1.165) is 38.5 Å². The van der Waals surface area contributed by atoms with Crippen LogP contribution in [0.3, 0.4) is 0 Å². The Balaban J connectivity index is 4.64. The van der Waals surface area contributed by atoms with E-state index in [1.165, 1.54) is 65.4 Å². The third-order valence-corrected chi connectivity index (χ3v) is 7.94. The molecule has 0 N–H and O–H groups in total. The molecule has 0 aromatic carbocycles. The van der Waals surface area contributed by atoms with Crippen molar-refractivity contribution in [3.05, 3.63) is 0 Å². The molecule has 0 aliphatic heterocycles. The highest BCUT2D eigenvalue weighted by Crippen LogP contribution is 2.20. The van der Waals surface area contributed by atoms with E-state index in [0.29, 0.717) is 32.1 Å². The number of unbranched alkanes of at least 4 members (excludes halogenated alkanes) is 14. The number of carbonyl (C=O) groups excluding carboxylic acids is 5. The molecule has 280 valence electrons. The molecule has 0 spiro atoms. The predicted octanol–water partition coefficient (Wildman–Crippen LogP) is 7.59. The van der Waals surface area contributed by atoms with Crippen molar-refractivity contribution < 1.29 is 52.4 Å². The van der Waals surface area contributed by atoms with Crippen molar-refractivity contribution >= 4 is 29.8 Å². The Kier molecular flexibility index (Phi) is 28.7. The second kappa shape index (κ2) is 30.4. The first kappa shape index (κ1) is 45.3. The topological polar surface area (TPSA) is 141 Å². The molecule has 0 amide bonds. The summed E-state index contributed by atoms with van der Waals surface area (Å²) in [5, 5.41) is 0. The van der Waals surface area contributed by atoms with Gasteiger partial charge in [-0.15, -0.1) is 0 Å². The molecule has 1 unspecified atom stereocenters. The third-order valence-electron chi connectivity index (χ3n) is 7.94. The normalized spacial score (nSPS) is 12.3. The number of esters is 5. The highest BCUT2D eigenvalue weighted by Gasteiger charge is 2.36. The standard InChI is InChI=1S/C37H66O11/c1-6-8-10-12-14-16-19-23-33(39)45-27-32(28-46-34(40)24-20-17-15-13-11-9-7-2)48-35(41)25-21-18-22-26-44-36(42)37(4,29-43-5)30-47-31(3)38/h32H,6-30H2,1-5H3. The van der Waals surface area contributed by atoms with Gasteiger partial charge in [-0.05, 0) is 39.0 Å². The Bertz CT molecular complexity index is 841. The second-order valence-electron chi connectivity index (χ2n) is 12.9. The molecule has 0 aliphatic rings. The van der Waals surface area contributed by atoms with Gasteiger partial charge in [0.1, 0.15) is 25.2 Å². The lowest BCUT2D eigenvalue weighted by Crippen LogP contribution is -2.39. The Morgan fingerprint density at radius 1 is 0.542 bits per heavy atom. The van der Waals surface area contributed by atoms with Gasteiger partial charge in [0.25, 0.3) is 0 Å². The summed E-state index contributed by atoms with van der Waals surface area (Å²) in [4.78, 5) is 61.0. The van der Waals surface area contributed by atoms with E-state index in [9.17, 15) is 24.0 Å². The summed E-state index contributed by atoms with van der Waals surface area (Å²) >= 11 is 0. The first-order valence-corrected chi connectivity index (χ1v) is 18.4. The van der Waals surface area contributed by atoms with Gasteiger partial charge in [-0.1, -0.05) is 90.9 Å². The fourth-order valence-electron chi connectivity index (χ4n) is 4.96. The maximum Gasteiger partial charge on any atom is 0.317 e. The van der Waals surface area contributed by atoms with Gasteiger partial charge >= 0.3 is 29.8 Å². The molecule has 0 saturated heterocycles. The van der Waals surface area contributed by atoms with Crippen LogP contribution in [-0.2, 0) is 52.4 Å². The zero-order chi connectivity index (χ0) is 35.9. The zero-order valence-corrected chi connectivity index (χ0v) is 30.7. The van der Waals surface area contributed by atoms with E-state index in [2.05, 4.69) is 13.8 Å². The number of rotatable bonds is 32. The van der Waals surface area contributed by atoms with E-state index >= 15 is 0 Å². The van der Waals surface area contributed by atoms with Crippen LogP contribution in [0.4, 0.5) is 0 Å². The summed E-state index contributed by atoms with van der Waals surface area (Å²) in [6.07, 6.45) is 16.6. The molecule has 0 aromatic rings. The van der Waals surface area contributed by atoms with Crippen molar-refractivity contribution in [1.82, 2.24) is 0 Å². The van der Waals surface area contributed by atoms with Crippen molar-refractivity contribution in [1.29, 1.82) is 0 Å². The van der Waals surface area contributed by atoms with E-state index in [1.54, 1.807) is 6.92 Å². The van der Waals surface area contributed by atoms with Crippen molar-refractivity contribution in [2.24, 2.45) is 5.41 Å². The Morgan fingerprint density at radius 3 is 1.44 bits per heavy atom. The van der Waals surface area contributed by atoms with Crippen LogP contribution in [-0.4, -0.2) is 76.1 Å². The minimum Gasteiger partial charge on any atom is -0.465 e. The summed E-state index contributed by atoms with van der Waals surface area (Å²) < 4.78 is 31.8. The third kappa shape index (κ3) is 26.3. The maximum absolute atomic E-state index is 12.6. The summed E-state index contributed by atoms with van der Waals surface area (Å²) in [7, 11) is 1.45. The van der Waals surface area contributed by atoms with Gasteiger partial charge in [-0.2, -0.15) is 0 Å². The average Bonchev–Trinajstić information content (AvgIpc) is 3.05. The number of ether oxygens (including phenoxy) is 6. The molecule has 1 atom stereocenters. The fraction of sp³-hybridized carbons (Fsp3) is 0.865. The largest absolute Gasteiger partial charge is 0.465 e. The Morgan fingerprint density at radius 2 is 0.979 bits per heavy atom. The van der Waals surface area contributed by atoms with Crippen molar-refractivity contribution in [3.63, 3.8) is 0 Å². The monoisotopic (exact) mass is 686 g/mol. The lowest BCUT2D eigenvalue weighted by atomic mass is 9.93. The molecule has 0 radical (unpaired) electrons. The Hall–Kier alpha value is -2.69. The van der Waals surface area contributed by atoms with Gasteiger partial charge in [-0.3, -0.25) is 24.0 Å². The lowest BCUT2D eigenvalue weighted by Gasteiger charge is -2.25. The number of carbonyl (C=O) groups is 5. The van der Waals surface area contributed by atoms with E-state index in [4.69, 9.17) is 28.4 Å². The summed E-state index contributed by atoms with van der Waals surface area (Å²) in [5.41, 5.74) is -1.12. The fourth-order valence-corrected chi connectivity index (χ4v) is 4.96. The predicted molar refractivity (Wildman–Crippen MR) is 183 cm³/mol. The van der Waals surface area contributed by atoms with Crippen LogP contribution in [0.1, 0.15) is 156 Å². The number of methoxy groups -OCH3 is 1.